The van der Waals surface area contributed by atoms with Crippen LogP contribution in [-0.2, 0) is 9.84 Å². The Kier molecular flexibility index (Phi) is 2.76. The highest BCUT2D eigenvalue weighted by molar-refractivity contribution is 7.91. The average molecular weight is 237 g/mol. The van der Waals surface area contributed by atoms with E-state index >= 15 is 0 Å². The molecule has 3 N–H and O–H groups in total. The van der Waals surface area contributed by atoms with Crippen molar-refractivity contribution in [2.75, 3.05) is 0 Å². The summed E-state index contributed by atoms with van der Waals surface area (Å²) in [6.45, 7) is 0. The molecule has 0 aliphatic rings. The van der Waals surface area contributed by atoms with E-state index in [1.807, 2.05) is 0 Å². The number of aromatic nitrogens is 2. The summed E-state index contributed by atoms with van der Waals surface area (Å²) >= 11 is 0. The summed E-state index contributed by atoms with van der Waals surface area (Å²) < 4.78 is 24.1. The van der Waals surface area contributed by atoms with E-state index in [2.05, 4.69) is 9.97 Å². The smallest absolute Gasteiger partial charge is 0.199 e. The molecule has 5 nitrogen and oxygen atoms in total. The number of sulfone groups is 1. The van der Waals surface area contributed by atoms with Crippen molar-refractivity contribution in [2.24, 2.45) is 5.73 Å². The molecule has 1 atom stereocenters. The van der Waals surface area contributed by atoms with Crippen molar-refractivity contribution < 1.29 is 8.42 Å². The van der Waals surface area contributed by atoms with Crippen molar-refractivity contribution in [3.8, 4) is 0 Å². The van der Waals surface area contributed by atoms with Crippen LogP contribution in [0.4, 0.5) is 0 Å². The molecular formula is C10H11N3O2S. The van der Waals surface area contributed by atoms with Crippen molar-refractivity contribution in [3.63, 3.8) is 0 Å². The molecule has 2 aromatic heterocycles. The molecular weight excluding hydrogens is 226 g/mol. The Morgan fingerprint density at radius 3 is 2.75 bits per heavy atom. The minimum absolute atomic E-state index is 0.128. The number of aromatic amines is 1. The van der Waals surface area contributed by atoms with E-state index in [9.17, 15) is 8.42 Å². The fourth-order valence-electron chi connectivity index (χ4n) is 1.35. The highest BCUT2D eigenvalue weighted by Gasteiger charge is 2.25. The summed E-state index contributed by atoms with van der Waals surface area (Å²) in [6.07, 6.45) is 6.01. The van der Waals surface area contributed by atoms with Gasteiger partial charge in [-0.3, -0.25) is 4.98 Å². The number of nitrogens with two attached hydrogens (primary N) is 1. The van der Waals surface area contributed by atoms with Crippen molar-refractivity contribution in [1.82, 2.24) is 9.97 Å². The zero-order valence-electron chi connectivity index (χ0n) is 8.37. The van der Waals surface area contributed by atoms with Gasteiger partial charge in [-0.1, -0.05) is 0 Å². The van der Waals surface area contributed by atoms with Gasteiger partial charge in [-0.05, 0) is 18.2 Å². The number of hydrogen-bond donors (Lipinski definition) is 2. The van der Waals surface area contributed by atoms with Crippen LogP contribution in [-0.4, -0.2) is 18.4 Å². The Balaban J connectivity index is 2.41. The van der Waals surface area contributed by atoms with Crippen LogP contribution >= 0.6 is 0 Å². The summed E-state index contributed by atoms with van der Waals surface area (Å²) in [7, 11) is -3.57. The van der Waals surface area contributed by atoms with Crippen molar-refractivity contribution >= 4 is 9.84 Å². The van der Waals surface area contributed by atoms with Gasteiger partial charge in [0.25, 0.3) is 0 Å². The van der Waals surface area contributed by atoms with Crippen LogP contribution in [0.3, 0.4) is 0 Å². The van der Waals surface area contributed by atoms with Crippen LogP contribution in [0.1, 0.15) is 10.9 Å². The second-order valence-electron chi connectivity index (χ2n) is 3.30. The number of pyridine rings is 1. The Morgan fingerprint density at radius 2 is 2.19 bits per heavy atom. The molecule has 16 heavy (non-hydrogen) atoms. The third-order valence-electron chi connectivity index (χ3n) is 2.25. The monoisotopic (exact) mass is 237 g/mol. The normalized spacial score (nSPS) is 13.6. The molecule has 2 rings (SSSR count). The first kappa shape index (κ1) is 10.8. The number of hydrogen-bond acceptors (Lipinski definition) is 4. The lowest BCUT2D eigenvalue weighted by atomic mass is 10.3. The molecule has 0 aliphatic carbocycles. The number of nitrogens with one attached hydrogen (secondary N) is 1. The zero-order valence-corrected chi connectivity index (χ0v) is 9.18. The average Bonchev–Trinajstić information content (AvgIpc) is 2.82. The molecule has 0 spiro atoms. The minimum Gasteiger partial charge on any atom is -0.367 e. The lowest BCUT2D eigenvalue weighted by Crippen LogP contribution is -2.21. The quantitative estimate of drug-likeness (QED) is 0.827. The van der Waals surface area contributed by atoms with Gasteiger partial charge in [0.15, 0.2) is 9.84 Å². The molecule has 84 valence electrons. The Labute approximate surface area is 93.2 Å². The van der Waals surface area contributed by atoms with Crippen LogP contribution in [0.5, 0.6) is 0 Å². The van der Waals surface area contributed by atoms with Gasteiger partial charge in [-0.15, -0.1) is 0 Å². The Bertz CT molecular complexity index is 549. The van der Waals surface area contributed by atoms with Gasteiger partial charge in [-0.25, -0.2) is 8.42 Å². The summed E-state index contributed by atoms with van der Waals surface area (Å²) in [5.74, 6) is 0. The molecule has 0 aromatic carbocycles. The van der Waals surface area contributed by atoms with Crippen LogP contribution in [0, 0.1) is 0 Å². The fraction of sp³-hybridized carbons (Fsp3) is 0.100. The largest absolute Gasteiger partial charge is 0.367 e. The van der Waals surface area contributed by atoms with Crippen molar-refractivity contribution in [2.45, 2.75) is 10.3 Å². The van der Waals surface area contributed by atoms with Gasteiger partial charge >= 0.3 is 0 Å². The van der Waals surface area contributed by atoms with Gasteiger partial charge in [0, 0.05) is 30.4 Å². The molecule has 0 fully saturated rings. The maximum Gasteiger partial charge on any atom is 0.199 e. The van der Waals surface area contributed by atoms with Crippen LogP contribution in [0.15, 0.2) is 47.9 Å². The topological polar surface area (TPSA) is 88.8 Å². The van der Waals surface area contributed by atoms with E-state index in [4.69, 9.17) is 5.73 Å². The summed E-state index contributed by atoms with van der Waals surface area (Å²) in [5.41, 5.74) is 6.24. The first-order valence-electron chi connectivity index (χ1n) is 4.64. The van der Waals surface area contributed by atoms with Crippen LogP contribution < -0.4 is 5.73 Å². The van der Waals surface area contributed by atoms with E-state index in [1.54, 1.807) is 24.5 Å². The van der Waals surface area contributed by atoms with Gasteiger partial charge in [0.05, 0.1) is 4.90 Å². The molecule has 2 heterocycles. The zero-order chi connectivity index (χ0) is 11.6. The van der Waals surface area contributed by atoms with E-state index in [-0.39, 0.29) is 4.90 Å². The maximum atomic E-state index is 12.1. The SMILES string of the molecule is NC(c1cc[nH]c1)S(=O)(=O)c1cccnc1. The summed E-state index contributed by atoms with van der Waals surface area (Å²) in [5, 5.41) is -1.07. The van der Waals surface area contributed by atoms with Crippen LogP contribution in [0.2, 0.25) is 0 Å². The van der Waals surface area contributed by atoms with Gasteiger partial charge in [0.2, 0.25) is 0 Å². The number of H-pyrrole nitrogens is 1. The van der Waals surface area contributed by atoms with E-state index in [0.717, 1.165) is 0 Å². The predicted octanol–water partition coefficient (Wildman–Crippen LogP) is 0.841. The van der Waals surface area contributed by atoms with Crippen molar-refractivity contribution in [3.05, 3.63) is 48.5 Å². The molecule has 0 saturated carbocycles. The molecule has 6 heteroatoms. The third kappa shape index (κ3) is 1.84. The Hall–Kier alpha value is -1.66. The fourth-order valence-corrected chi connectivity index (χ4v) is 2.63. The standard InChI is InChI=1S/C10H11N3O2S/c11-10(8-3-5-13-6-8)16(14,15)9-2-1-4-12-7-9/h1-7,10,13H,11H2. The van der Waals surface area contributed by atoms with E-state index < -0.39 is 15.2 Å². The first-order valence-corrected chi connectivity index (χ1v) is 6.19. The molecule has 0 bridgehead atoms. The highest BCUT2D eigenvalue weighted by Crippen LogP contribution is 2.23. The first-order chi connectivity index (χ1) is 7.62. The van der Waals surface area contributed by atoms with E-state index in [0.29, 0.717) is 5.56 Å². The number of nitrogens with zero attached hydrogens (tertiary/aromatic N) is 1. The molecule has 0 radical (unpaired) electrons. The lowest BCUT2D eigenvalue weighted by Gasteiger charge is -2.10. The second kappa shape index (κ2) is 4.07. The molecule has 2 aromatic rings. The third-order valence-corrected chi connectivity index (χ3v) is 4.09. The summed E-state index contributed by atoms with van der Waals surface area (Å²) in [4.78, 5) is 6.67. The van der Waals surface area contributed by atoms with Gasteiger partial charge in [-0.2, -0.15) is 0 Å². The molecule has 0 saturated heterocycles. The van der Waals surface area contributed by atoms with Gasteiger partial charge in [0.1, 0.15) is 5.37 Å². The second-order valence-corrected chi connectivity index (χ2v) is 5.37. The maximum absolute atomic E-state index is 12.1. The number of rotatable bonds is 3. The molecule has 1 unspecified atom stereocenters. The minimum atomic E-state index is -3.57. The Morgan fingerprint density at radius 1 is 1.38 bits per heavy atom. The van der Waals surface area contributed by atoms with Crippen molar-refractivity contribution in [1.29, 1.82) is 0 Å². The predicted molar refractivity (Wildman–Crippen MR) is 59.1 cm³/mol. The van der Waals surface area contributed by atoms with Gasteiger partial charge < -0.3 is 10.7 Å². The lowest BCUT2D eigenvalue weighted by molar-refractivity contribution is 0.583. The molecule has 0 aliphatic heterocycles. The summed E-state index contributed by atoms with van der Waals surface area (Å²) in [6, 6.07) is 4.68. The highest BCUT2D eigenvalue weighted by atomic mass is 32.2. The van der Waals surface area contributed by atoms with Crippen LogP contribution in [0.25, 0.3) is 0 Å². The molecule has 0 amide bonds. The van der Waals surface area contributed by atoms with E-state index in [1.165, 1.54) is 18.5 Å².